The maximum absolute atomic E-state index is 11.2. The predicted octanol–water partition coefficient (Wildman–Crippen LogP) is 4.97. The van der Waals surface area contributed by atoms with Crippen molar-refractivity contribution in [3.05, 3.63) is 77.3 Å². The van der Waals surface area contributed by atoms with E-state index in [0.717, 1.165) is 16.7 Å². The summed E-state index contributed by atoms with van der Waals surface area (Å²) in [5, 5.41) is 9.90. The van der Waals surface area contributed by atoms with E-state index in [4.69, 9.17) is 30.5 Å². The molecule has 2 heterocycles. The fourth-order valence-electron chi connectivity index (χ4n) is 4.12. The molecule has 0 aliphatic carbocycles. The number of carboxylic acid groups (broad SMARTS) is 1. The molecule has 3 aromatic rings. The van der Waals surface area contributed by atoms with Crippen molar-refractivity contribution < 1.29 is 28.8 Å². The molecule has 170 valence electrons. The average molecular weight is 467 g/mol. The Morgan fingerprint density at radius 1 is 1.00 bits per heavy atom. The second-order valence-corrected chi connectivity index (χ2v) is 8.83. The van der Waals surface area contributed by atoms with Crippen molar-refractivity contribution in [2.24, 2.45) is 0 Å². The van der Waals surface area contributed by atoms with E-state index in [1.165, 1.54) is 0 Å². The largest absolute Gasteiger partial charge is 0.490 e. The van der Waals surface area contributed by atoms with Gasteiger partial charge in [0.2, 0.25) is 0 Å². The summed E-state index contributed by atoms with van der Waals surface area (Å²) in [4.78, 5) is 11.2. The monoisotopic (exact) mass is 466 g/mol. The van der Waals surface area contributed by atoms with Crippen molar-refractivity contribution in [1.82, 2.24) is 0 Å². The Labute approximate surface area is 196 Å². The van der Waals surface area contributed by atoms with Gasteiger partial charge in [-0.2, -0.15) is 0 Å². The lowest BCUT2D eigenvalue weighted by molar-refractivity contribution is -0.145. The number of hydrogen-bond acceptors (Lipinski definition) is 5. The molecule has 0 saturated carbocycles. The first-order valence-electron chi connectivity index (χ1n) is 10.7. The summed E-state index contributed by atoms with van der Waals surface area (Å²) in [6.45, 7) is 1.56. The average Bonchev–Trinajstić information content (AvgIpc) is 2.80. The number of ether oxygens (including phenoxy) is 4. The zero-order chi connectivity index (χ0) is 22.8. The second kappa shape index (κ2) is 8.96. The molecular formula is C26H23ClO6. The van der Waals surface area contributed by atoms with Crippen molar-refractivity contribution in [3.8, 4) is 28.4 Å². The molecule has 0 unspecified atom stereocenters. The summed E-state index contributed by atoms with van der Waals surface area (Å²) < 4.78 is 23.2. The van der Waals surface area contributed by atoms with Gasteiger partial charge in [0.1, 0.15) is 19.0 Å². The standard InChI is InChI=1S/C26H23ClO6/c27-20-6-1-17(2-7-20)18-3-10-23-24(11-18)33-22(14-32-23)13-31-21-8-4-19(5-9-21)26(12-25(28)29)15-30-16-26/h1-11,22H,12-16H2,(H,28,29)/t22-/m0/s1. The lowest BCUT2D eigenvalue weighted by atomic mass is 9.76. The zero-order valence-electron chi connectivity index (χ0n) is 17.8. The molecule has 1 atom stereocenters. The minimum absolute atomic E-state index is 0.0534. The van der Waals surface area contributed by atoms with E-state index in [9.17, 15) is 9.90 Å². The molecule has 1 fully saturated rings. The summed E-state index contributed by atoms with van der Waals surface area (Å²) >= 11 is 5.99. The lowest BCUT2D eigenvalue weighted by Crippen LogP contribution is -2.48. The number of benzene rings is 3. The van der Waals surface area contributed by atoms with Crippen molar-refractivity contribution in [1.29, 1.82) is 0 Å². The highest BCUT2D eigenvalue weighted by molar-refractivity contribution is 6.30. The number of aliphatic carboxylic acids is 1. The molecule has 5 rings (SSSR count). The van der Waals surface area contributed by atoms with E-state index < -0.39 is 11.4 Å². The van der Waals surface area contributed by atoms with Crippen LogP contribution in [0.25, 0.3) is 11.1 Å². The van der Waals surface area contributed by atoms with Gasteiger partial charge in [0.15, 0.2) is 17.6 Å². The van der Waals surface area contributed by atoms with Gasteiger partial charge in [-0.25, -0.2) is 0 Å². The van der Waals surface area contributed by atoms with Crippen LogP contribution in [0.5, 0.6) is 17.2 Å². The number of rotatable bonds is 7. The van der Waals surface area contributed by atoms with Crippen LogP contribution in [0.15, 0.2) is 66.7 Å². The Kier molecular flexibility index (Phi) is 5.87. The molecular weight excluding hydrogens is 444 g/mol. The fraction of sp³-hybridized carbons (Fsp3) is 0.269. The van der Waals surface area contributed by atoms with Crippen LogP contribution in [0.2, 0.25) is 5.02 Å². The van der Waals surface area contributed by atoms with Crippen LogP contribution in [-0.4, -0.2) is 43.6 Å². The summed E-state index contributed by atoms with van der Waals surface area (Å²) in [6, 6.07) is 21.0. The first-order valence-corrected chi connectivity index (χ1v) is 11.1. The van der Waals surface area contributed by atoms with Crippen LogP contribution in [-0.2, 0) is 14.9 Å². The summed E-state index contributed by atoms with van der Waals surface area (Å²) in [5.74, 6) is 1.25. The van der Waals surface area contributed by atoms with Crippen LogP contribution >= 0.6 is 11.6 Å². The highest BCUT2D eigenvalue weighted by atomic mass is 35.5. The molecule has 33 heavy (non-hydrogen) atoms. The maximum atomic E-state index is 11.2. The first kappa shape index (κ1) is 21.6. The van der Waals surface area contributed by atoms with Gasteiger partial charge in [-0.05, 0) is 53.1 Å². The molecule has 0 amide bonds. The minimum atomic E-state index is -0.826. The third kappa shape index (κ3) is 4.63. The number of halogens is 1. The van der Waals surface area contributed by atoms with Gasteiger partial charge in [-0.3, -0.25) is 4.79 Å². The van der Waals surface area contributed by atoms with Gasteiger partial charge in [-0.15, -0.1) is 0 Å². The molecule has 0 aromatic heterocycles. The quantitative estimate of drug-likeness (QED) is 0.530. The number of carbonyl (C=O) groups is 1. The molecule has 2 aliphatic heterocycles. The Bertz CT molecular complexity index is 1140. The Balaban J connectivity index is 1.22. The maximum Gasteiger partial charge on any atom is 0.304 e. The minimum Gasteiger partial charge on any atom is -0.490 e. The molecule has 6 nitrogen and oxygen atoms in total. The second-order valence-electron chi connectivity index (χ2n) is 8.40. The first-order chi connectivity index (χ1) is 16.0. The highest BCUT2D eigenvalue weighted by Gasteiger charge is 2.42. The molecule has 1 N–H and O–H groups in total. The van der Waals surface area contributed by atoms with Gasteiger partial charge in [0, 0.05) is 5.02 Å². The molecule has 7 heteroatoms. The van der Waals surface area contributed by atoms with E-state index in [-0.39, 0.29) is 12.5 Å². The Morgan fingerprint density at radius 3 is 2.39 bits per heavy atom. The van der Waals surface area contributed by atoms with Gasteiger partial charge < -0.3 is 24.1 Å². The fourth-order valence-corrected chi connectivity index (χ4v) is 4.25. The van der Waals surface area contributed by atoms with Crippen LogP contribution in [0.3, 0.4) is 0 Å². The van der Waals surface area contributed by atoms with Crippen LogP contribution < -0.4 is 14.2 Å². The Hall–Kier alpha value is -3.22. The third-order valence-corrected chi connectivity index (χ3v) is 6.24. The van der Waals surface area contributed by atoms with Gasteiger partial charge in [0.25, 0.3) is 0 Å². The number of fused-ring (bicyclic) bond motifs is 1. The van der Waals surface area contributed by atoms with Crippen LogP contribution in [0.1, 0.15) is 12.0 Å². The van der Waals surface area contributed by atoms with Crippen molar-refractivity contribution >= 4 is 17.6 Å². The van der Waals surface area contributed by atoms with Crippen LogP contribution in [0.4, 0.5) is 0 Å². The Morgan fingerprint density at radius 2 is 1.73 bits per heavy atom. The molecule has 3 aromatic carbocycles. The normalized spacial score (nSPS) is 18.3. The van der Waals surface area contributed by atoms with Gasteiger partial charge in [0.05, 0.1) is 25.0 Å². The van der Waals surface area contributed by atoms with E-state index in [1.807, 2.05) is 66.7 Å². The SMILES string of the molecule is O=C(O)CC1(c2ccc(OC[C@H]3COc4ccc(-c5ccc(Cl)cc5)cc4O3)cc2)COC1. The smallest absolute Gasteiger partial charge is 0.304 e. The van der Waals surface area contributed by atoms with E-state index in [1.54, 1.807) is 0 Å². The molecule has 1 saturated heterocycles. The van der Waals surface area contributed by atoms with Crippen molar-refractivity contribution in [3.63, 3.8) is 0 Å². The van der Waals surface area contributed by atoms with Gasteiger partial charge in [-0.1, -0.05) is 41.9 Å². The van der Waals surface area contributed by atoms with Crippen LogP contribution in [0, 0.1) is 0 Å². The summed E-state index contributed by atoms with van der Waals surface area (Å²) in [6.07, 6.45) is -0.200. The highest BCUT2D eigenvalue weighted by Crippen LogP contribution is 2.38. The van der Waals surface area contributed by atoms with Gasteiger partial charge >= 0.3 is 5.97 Å². The van der Waals surface area contributed by atoms with E-state index >= 15 is 0 Å². The molecule has 0 bridgehead atoms. The number of hydrogen-bond donors (Lipinski definition) is 1. The zero-order valence-corrected chi connectivity index (χ0v) is 18.6. The molecule has 0 spiro atoms. The number of carboxylic acids is 1. The lowest BCUT2D eigenvalue weighted by Gasteiger charge is -2.40. The molecule has 2 aliphatic rings. The summed E-state index contributed by atoms with van der Waals surface area (Å²) in [5.41, 5.74) is 2.56. The van der Waals surface area contributed by atoms with Crippen molar-refractivity contribution in [2.45, 2.75) is 17.9 Å². The third-order valence-electron chi connectivity index (χ3n) is 5.99. The van der Waals surface area contributed by atoms with Crippen molar-refractivity contribution in [2.75, 3.05) is 26.4 Å². The van der Waals surface area contributed by atoms with E-state index in [2.05, 4.69) is 0 Å². The molecule has 0 radical (unpaired) electrons. The summed E-state index contributed by atoms with van der Waals surface area (Å²) in [7, 11) is 0. The topological polar surface area (TPSA) is 74.2 Å². The van der Waals surface area contributed by atoms with E-state index in [0.29, 0.717) is 48.7 Å². The predicted molar refractivity (Wildman–Crippen MR) is 123 cm³/mol.